The minimum atomic E-state index is 0.760. The largest absolute Gasteiger partial charge is 0.370 e. The van der Waals surface area contributed by atoms with Crippen LogP contribution >= 0.6 is 11.3 Å². The van der Waals surface area contributed by atoms with Gasteiger partial charge in [0.05, 0.1) is 5.01 Å². The van der Waals surface area contributed by atoms with Crippen LogP contribution in [0.2, 0.25) is 0 Å². The molecule has 0 saturated carbocycles. The molecule has 0 unspecified atom stereocenters. The third-order valence-electron chi connectivity index (χ3n) is 3.13. The van der Waals surface area contributed by atoms with E-state index < -0.39 is 0 Å². The van der Waals surface area contributed by atoms with E-state index in [4.69, 9.17) is 0 Å². The lowest BCUT2D eigenvalue weighted by atomic mass is 10.2. The fourth-order valence-corrected chi connectivity index (χ4v) is 2.92. The molecular weight excluding hydrogens is 244 g/mol. The maximum Gasteiger partial charge on any atom is 0.181 e. The lowest BCUT2D eigenvalue weighted by Crippen LogP contribution is -2.06. The van der Waals surface area contributed by atoms with Gasteiger partial charge in [0.25, 0.3) is 0 Å². The monoisotopic (exact) mass is 260 g/mol. The van der Waals surface area contributed by atoms with Gasteiger partial charge in [-0.2, -0.15) is 0 Å². The van der Waals surface area contributed by atoms with E-state index >= 15 is 0 Å². The SMILES string of the molecule is CCNc1nc(-c2csc(C)n2)nc2c1CCC2. The Labute approximate surface area is 111 Å². The smallest absolute Gasteiger partial charge is 0.181 e. The van der Waals surface area contributed by atoms with Crippen molar-refractivity contribution in [3.8, 4) is 11.5 Å². The van der Waals surface area contributed by atoms with Gasteiger partial charge in [-0.3, -0.25) is 0 Å². The minimum Gasteiger partial charge on any atom is -0.370 e. The maximum atomic E-state index is 4.67. The molecule has 2 aromatic heterocycles. The highest BCUT2D eigenvalue weighted by atomic mass is 32.1. The van der Waals surface area contributed by atoms with Crippen LogP contribution in [-0.4, -0.2) is 21.5 Å². The van der Waals surface area contributed by atoms with E-state index in [1.165, 1.54) is 17.7 Å². The molecule has 1 N–H and O–H groups in total. The lowest BCUT2D eigenvalue weighted by molar-refractivity contribution is 0.899. The molecule has 1 aliphatic rings. The molecule has 4 nitrogen and oxygen atoms in total. The van der Waals surface area contributed by atoms with E-state index in [1.807, 2.05) is 12.3 Å². The number of thiazole rings is 1. The van der Waals surface area contributed by atoms with Crippen molar-refractivity contribution in [3.63, 3.8) is 0 Å². The lowest BCUT2D eigenvalue weighted by Gasteiger charge is -2.09. The molecule has 5 heteroatoms. The first-order valence-corrected chi connectivity index (χ1v) is 7.22. The van der Waals surface area contributed by atoms with Gasteiger partial charge in [0.1, 0.15) is 11.5 Å². The summed E-state index contributed by atoms with van der Waals surface area (Å²) in [5.41, 5.74) is 3.39. The quantitative estimate of drug-likeness (QED) is 0.922. The topological polar surface area (TPSA) is 50.7 Å². The molecule has 3 rings (SSSR count). The Morgan fingerprint density at radius 1 is 1.28 bits per heavy atom. The molecule has 0 radical (unpaired) electrons. The molecule has 0 spiro atoms. The minimum absolute atomic E-state index is 0.760. The van der Waals surface area contributed by atoms with Crippen LogP contribution < -0.4 is 5.32 Å². The normalized spacial score (nSPS) is 13.7. The predicted octanol–water partition coefficient (Wildman–Crippen LogP) is 2.83. The number of nitrogens with zero attached hydrogens (tertiary/aromatic N) is 3. The molecule has 2 aromatic rings. The van der Waals surface area contributed by atoms with Gasteiger partial charge in [-0.15, -0.1) is 11.3 Å². The van der Waals surface area contributed by atoms with Gasteiger partial charge in [-0.25, -0.2) is 15.0 Å². The Morgan fingerprint density at radius 3 is 2.89 bits per heavy atom. The molecule has 2 heterocycles. The highest BCUT2D eigenvalue weighted by molar-refractivity contribution is 7.09. The number of aryl methyl sites for hydroxylation is 2. The number of rotatable bonds is 3. The summed E-state index contributed by atoms with van der Waals surface area (Å²) >= 11 is 1.64. The Balaban J connectivity index is 2.08. The molecule has 0 aliphatic heterocycles. The van der Waals surface area contributed by atoms with Gasteiger partial charge in [-0.1, -0.05) is 0 Å². The molecule has 0 bridgehead atoms. The Morgan fingerprint density at radius 2 is 2.17 bits per heavy atom. The highest BCUT2D eigenvalue weighted by Gasteiger charge is 2.20. The molecule has 0 aromatic carbocycles. The first-order valence-electron chi connectivity index (χ1n) is 6.34. The first-order chi connectivity index (χ1) is 8.78. The van der Waals surface area contributed by atoms with E-state index in [9.17, 15) is 0 Å². The number of fused-ring (bicyclic) bond motifs is 1. The average molecular weight is 260 g/mol. The van der Waals surface area contributed by atoms with Crippen LogP contribution in [0, 0.1) is 6.92 Å². The molecular formula is C13H16N4S. The zero-order chi connectivity index (χ0) is 12.5. The van der Waals surface area contributed by atoms with Crippen molar-refractivity contribution in [1.82, 2.24) is 15.0 Å². The highest BCUT2D eigenvalue weighted by Crippen LogP contribution is 2.29. The fraction of sp³-hybridized carbons (Fsp3) is 0.462. The van der Waals surface area contributed by atoms with Gasteiger partial charge in [-0.05, 0) is 33.1 Å². The molecule has 0 fully saturated rings. The Hall–Kier alpha value is -1.49. The average Bonchev–Trinajstić information content (AvgIpc) is 2.97. The van der Waals surface area contributed by atoms with Crippen LogP contribution in [0.4, 0.5) is 5.82 Å². The summed E-state index contributed by atoms with van der Waals surface area (Å²) in [6.45, 7) is 4.99. The number of aromatic nitrogens is 3. The predicted molar refractivity (Wildman–Crippen MR) is 74.1 cm³/mol. The molecule has 0 atom stereocenters. The summed E-state index contributed by atoms with van der Waals surface area (Å²) in [5.74, 6) is 1.76. The van der Waals surface area contributed by atoms with Crippen LogP contribution in [-0.2, 0) is 12.8 Å². The number of hydrogen-bond donors (Lipinski definition) is 1. The zero-order valence-corrected chi connectivity index (χ0v) is 11.5. The van der Waals surface area contributed by atoms with E-state index in [1.54, 1.807) is 11.3 Å². The summed E-state index contributed by atoms with van der Waals surface area (Å²) in [6, 6.07) is 0. The van der Waals surface area contributed by atoms with Gasteiger partial charge in [0, 0.05) is 23.2 Å². The number of hydrogen-bond acceptors (Lipinski definition) is 5. The van der Waals surface area contributed by atoms with E-state index in [-0.39, 0.29) is 0 Å². The van der Waals surface area contributed by atoms with Gasteiger partial charge in [0.2, 0.25) is 0 Å². The summed E-state index contributed by atoms with van der Waals surface area (Å²) < 4.78 is 0. The second kappa shape index (κ2) is 4.65. The maximum absolute atomic E-state index is 4.67. The van der Waals surface area contributed by atoms with Crippen molar-refractivity contribution in [2.45, 2.75) is 33.1 Å². The molecule has 0 saturated heterocycles. The standard InChI is InChI=1S/C13H16N4S/c1-3-14-12-9-5-4-6-10(9)16-13(17-12)11-7-18-8(2)15-11/h7H,3-6H2,1-2H3,(H,14,16,17). The van der Waals surface area contributed by atoms with Crippen LogP contribution in [0.15, 0.2) is 5.38 Å². The third-order valence-corrected chi connectivity index (χ3v) is 3.90. The summed E-state index contributed by atoms with van der Waals surface area (Å²) in [6.07, 6.45) is 3.34. The van der Waals surface area contributed by atoms with Crippen molar-refractivity contribution < 1.29 is 0 Å². The van der Waals surface area contributed by atoms with Crippen molar-refractivity contribution in [3.05, 3.63) is 21.6 Å². The summed E-state index contributed by atoms with van der Waals surface area (Å²) in [7, 11) is 0. The van der Waals surface area contributed by atoms with E-state index in [0.29, 0.717) is 0 Å². The van der Waals surface area contributed by atoms with Crippen molar-refractivity contribution >= 4 is 17.2 Å². The second-order valence-corrected chi connectivity index (χ2v) is 5.52. The third kappa shape index (κ3) is 1.99. The van der Waals surface area contributed by atoms with Crippen LogP contribution in [0.3, 0.4) is 0 Å². The van der Waals surface area contributed by atoms with Crippen molar-refractivity contribution in [1.29, 1.82) is 0 Å². The number of nitrogens with one attached hydrogen (secondary N) is 1. The van der Waals surface area contributed by atoms with Crippen LogP contribution in [0.5, 0.6) is 0 Å². The first kappa shape index (κ1) is 11.6. The molecule has 0 amide bonds. The van der Waals surface area contributed by atoms with Gasteiger partial charge < -0.3 is 5.32 Å². The fourth-order valence-electron chi connectivity index (χ4n) is 2.33. The van der Waals surface area contributed by atoms with Gasteiger partial charge in [0.15, 0.2) is 5.82 Å². The van der Waals surface area contributed by atoms with E-state index in [2.05, 4.69) is 27.2 Å². The Kier molecular flexibility index (Phi) is 2.99. The van der Waals surface area contributed by atoms with Crippen molar-refractivity contribution in [2.75, 3.05) is 11.9 Å². The second-order valence-electron chi connectivity index (χ2n) is 4.46. The van der Waals surface area contributed by atoms with Crippen LogP contribution in [0.1, 0.15) is 29.6 Å². The summed E-state index contributed by atoms with van der Waals surface area (Å²) in [5, 5.41) is 6.43. The number of anilines is 1. The molecule has 1 aliphatic carbocycles. The Bertz CT molecular complexity index is 576. The van der Waals surface area contributed by atoms with Crippen LogP contribution in [0.25, 0.3) is 11.5 Å². The molecule has 94 valence electrons. The summed E-state index contributed by atoms with van der Waals surface area (Å²) in [4.78, 5) is 13.8. The molecule has 18 heavy (non-hydrogen) atoms. The zero-order valence-electron chi connectivity index (χ0n) is 10.7. The van der Waals surface area contributed by atoms with Gasteiger partial charge >= 0.3 is 0 Å². The van der Waals surface area contributed by atoms with E-state index in [0.717, 1.165) is 41.7 Å². The van der Waals surface area contributed by atoms with Crippen molar-refractivity contribution in [2.24, 2.45) is 0 Å².